The maximum Gasteiger partial charge on any atom is 0.293 e. The number of carbonyl (C=O) groups is 2. The monoisotopic (exact) mass is 306 g/mol. The van der Waals surface area contributed by atoms with E-state index in [2.05, 4.69) is 22.2 Å². The fourth-order valence-electron chi connectivity index (χ4n) is 2.02. The van der Waals surface area contributed by atoms with Gasteiger partial charge in [0.05, 0.1) is 6.04 Å². The van der Waals surface area contributed by atoms with Crippen LogP contribution in [0.3, 0.4) is 0 Å². The molecule has 1 aromatic carbocycles. The smallest absolute Gasteiger partial charge is 0.293 e. The summed E-state index contributed by atoms with van der Waals surface area (Å²) in [5, 5.41) is 3.26. The molecule has 0 saturated carbocycles. The minimum Gasteiger partial charge on any atom is -0.462 e. The Labute approximate surface area is 132 Å². The Morgan fingerprint density at radius 2 is 1.95 bits per heavy atom. The number of carbonyl (C=O) groups excluding carboxylic acids is 2. The van der Waals surface area contributed by atoms with Gasteiger partial charge in [-0.15, -0.1) is 0 Å². The normalized spacial score (nSPS) is 18.3. The molecule has 1 saturated heterocycles. The maximum atomic E-state index is 11.8. The van der Waals surface area contributed by atoms with Crippen molar-refractivity contribution in [1.82, 2.24) is 10.2 Å². The second-order valence-electron chi connectivity index (χ2n) is 6.28. The van der Waals surface area contributed by atoms with Crippen LogP contribution in [0.25, 0.3) is 0 Å². The Morgan fingerprint density at radius 1 is 1.32 bits per heavy atom. The minimum absolute atomic E-state index is 0.0499. The van der Waals surface area contributed by atoms with E-state index in [4.69, 9.17) is 0 Å². The van der Waals surface area contributed by atoms with Gasteiger partial charge < -0.3 is 15.0 Å². The summed E-state index contributed by atoms with van der Waals surface area (Å²) >= 11 is 0. The Morgan fingerprint density at radius 3 is 2.45 bits per heavy atom. The average molecular weight is 306 g/mol. The molecule has 0 aromatic heterocycles. The SMILES string of the molecule is CC(C)(C)OC=O.CN1CCNC(Cc2ccccc2)C1=O. The largest absolute Gasteiger partial charge is 0.462 e. The molecule has 1 fully saturated rings. The van der Waals surface area contributed by atoms with Crippen molar-refractivity contribution in [3.05, 3.63) is 35.9 Å². The van der Waals surface area contributed by atoms with E-state index in [9.17, 15) is 9.59 Å². The molecule has 1 atom stereocenters. The van der Waals surface area contributed by atoms with E-state index in [1.807, 2.05) is 46.0 Å². The molecule has 1 aromatic rings. The van der Waals surface area contributed by atoms with E-state index in [1.54, 1.807) is 4.90 Å². The molecule has 1 amide bonds. The van der Waals surface area contributed by atoms with Gasteiger partial charge in [0.15, 0.2) is 0 Å². The quantitative estimate of drug-likeness (QED) is 0.862. The number of nitrogens with one attached hydrogen (secondary N) is 1. The number of amides is 1. The lowest BCUT2D eigenvalue weighted by Gasteiger charge is -2.30. The van der Waals surface area contributed by atoms with Crippen molar-refractivity contribution in [3.8, 4) is 0 Å². The molecular weight excluding hydrogens is 280 g/mol. The second kappa shape index (κ2) is 8.54. The van der Waals surface area contributed by atoms with Crippen LogP contribution in [0, 0.1) is 0 Å². The molecule has 1 aliphatic heterocycles. The lowest BCUT2D eigenvalue weighted by atomic mass is 10.0. The van der Waals surface area contributed by atoms with Crippen molar-refractivity contribution in [2.45, 2.75) is 38.8 Å². The topological polar surface area (TPSA) is 58.6 Å². The number of hydrogen-bond donors (Lipinski definition) is 1. The molecule has 22 heavy (non-hydrogen) atoms. The number of likely N-dealkylation sites (N-methyl/N-ethyl adjacent to an activating group) is 1. The summed E-state index contributed by atoms with van der Waals surface area (Å²) in [4.78, 5) is 23.2. The molecular formula is C17H26N2O3. The van der Waals surface area contributed by atoms with Crippen molar-refractivity contribution >= 4 is 12.4 Å². The standard InChI is InChI=1S/C12H16N2O.C5H10O2/c1-14-8-7-13-11(12(14)15)9-10-5-3-2-4-6-10;1-5(2,3)7-4-6/h2-6,11,13H,7-9H2,1H3;4H,1-3H3. The highest BCUT2D eigenvalue weighted by molar-refractivity contribution is 5.82. The summed E-state index contributed by atoms with van der Waals surface area (Å²) in [6.07, 6.45) is 0.782. The van der Waals surface area contributed by atoms with Gasteiger partial charge in [-0.3, -0.25) is 9.59 Å². The predicted octanol–water partition coefficient (Wildman–Crippen LogP) is 1.62. The number of benzene rings is 1. The lowest BCUT2D eigenvalue weighted by Crippen LogP contribution is -2.54. The Kier molecular flexibility index (Phi) is 7.05. The number of rotatable bonds is 3. The molecule has 1 N–H and O–H groups in total. The van der Waals surface area contributed by atoms with Gasteiger partial charge in [-0.25, -0.2) is 0 Å². The zero-order valence-electron chi connectivity index (χ0n) is 13.8. The zero-order valence-corrected chi connectivity index (χ0v) is 13.8. The van der Waals surface area contributed by atoms with Gasteiger partial charge >= 0.3 is 0 Å². The number of nitrogens with zero attached hydrogens (tertiary/aromatic N) is 1. The van der Waals surface area contributed by atoms with E-state index in [0.717, 1.165) is 19.5 Å². The first-order chi connectivity index (χ1) is 10.3. The molecule has 0 bridgehead atoms. The fourth-order valence-corrected chi connectivity index (χ4v) is 2.02. The highest BCUT2D eigenvalue weighted by Gasteiger charge is 2.25. The van der Waals surface area contributed by atoms with Crippen LogP contribution >= 0.6 is 0 Å². The fraction of sp³-hybridized carbons (Fsp3) is 0.529. The van der Waals surface area contributed by atoms with Gasteiger partial charge in [0, 0.05) is 20.1 Å². The predicted molar refractivity (Wildman–Crippen MR) is 86.5 cm³/mol. The summed E-state index contributed by atoms with van der Waals surface area (Å²) in [7, 11) is 1.86. The van der Waals surface area contributed by atoms with Gasteiger partial charge in [0.1, 0.15) is 5.60 Å². The number of piperazine rings is 1. The molecule has 0 radical (unpaired) electrons. The van der Waals surface area contributed by atoms with E-state index in [-0.39, 0.29) is 17.6 Å². The lowest BCUT2D eigenvalue weighted by molar-refractivity contribution is -0.138. The molecule has 0 aliphatic carbocycles. The highest BCUT2D eigenvalue weighted by atomic mass is 16.5. The highest BCUT2D eigenvalue weighted by Crippen LogP contribution is 2.07. The van der Waals surface area contributed by atoms with E-state index in [1.165, 1.54) is 5.56 Å². The third-order valence-corrected chi connectivity index (χ3v) is 3.20. The summed E-state index contributed by atoms with van der Waals surface area (Å²) in [6, 6.07) is 10.1. The first-order valence-corrected chi connectivity index (χ1v) is 7.47. The van der Waals surface area contributed by atoms with Gasteiger partial charge in [0.2, 0.25) is 5.91 Å². The molecule has 0 spiro atoms. The van der Waals surface area contributed by atoms with Crippen LogP contribution in [-0.4, -0.2) is 49.1 Å². The van der Waals surface area contributed by atoms with Crippen molar-refractivity contribution < 1.29 is 14.3 Å². The summed E-state index contributed by atoms with van der Waals surface area (Å²) in [6.45, 7) is 7.62. The Bertz CT molecular complexity index is 469. The van der Waals surface area contributed by atoms with Crippen molar-refractivity contribution in [2.75, 3.05) is 20.1 Å². The number of ether oxygens (including phenoxy) is 1. The Balaban J connectivity index is 0.000000295. The Hall–Kier alpha value is -1.88. The van der Waals surface area contributed by atoms with Crippen molar-refractivity contribution in [3.63, 3.8) is 0 Å². The zero-order chi connectivity index (χ0) is 16.6. The van der Waals surface area contributed by atoms with Gasteiger partial charge in [-0.1, -0.05) is 30.3 Å². The second-order valence-corrected chi connectivity index (χ2v) is 6.28. The van der Waals surface area contributed by atoms with Crippen LogP contribution < -0.4 is 5.32 Å². The van der Waals surface area contributed by atoms with E-state index >= 15 is 0 Å². The van der Waals surface area contributed by atoms with Crippen LogP contribution in [0.15, 0.2) is 30.3 Å². The first-order valence-electron chi connectivity index (χ1n) is 7.47. The molecule has 1 unspecified atom stereocenters. The van der Waals surface area contributed by atoms with Crippen LogP contribution in [0.2, 0.25) is 0 Å². The maximum absolute atomic E-state index is 11.8. The van der Waals surface area contributed by atoms with Crippen LogP contribution in [0.5, 0.6) is 0 Å². The van der Waals surface area contributed by atoms with E-state index in [0.29, 0.717) is 6.47 Å². The van der Waals surface area contributed by atoms with Crippen molar-refractivity contribution in [2.24, 2.45) is 0 Å². The minimum atomic E-state index is -0.318. The van der Waals surface area contributed by atoms with Gasteiger partial charge in [-0.2, -0.15) is 0 Å². The number of hydrogen-bond acceptors (Lipinski definition) is 4. The summed E-state index contributed by atoms with van der Waals surface area (Å²) in [5.74, 6) is 0.199. The van der Waals surface area contributed by atoms with Crippen LogP contribution in [0.4, 0.5) is 0 Å². The summed E-state index contributed by atoms with van der Waals surface area (Å²) in [5.41, 5.74) is 0.889. The third kappa shape index (κ3) is 6.72. The summed E-state index contributed by atoms with van der Waals surface area (Å²) < 4.78 is 4.55. The van der Waals surface area contributed by atoms with Crippen LogP contribution in [0.1, 0.15) is 26.3 Å². The first kappa shape index (κ1) is 18.2. The van der Waals surface area contributed by atoms with E-state index < -0.39 is 0 Å². The molecule has 122 valence electrons. The van der Waals surface area contributed by atoms with Gasteiger partial charge in [-0.05, 0) is 32.8 Å². The molecule has 2 rings (SSSR count). The molecule has 1 heterocycles. The third-order valence-electron chi connectivity index (χ3n) is 3.20. The van der Waals surface area contributed by atoms with Gasteiger partial charge in [0.25, 0.3) is 6.47 Å². The van der Waals surface area contributed by atoms with Crippen molar-refractivity contribution in [1.29, 1.82) is 0 Å². The molecule has 5 nitrogen and oxygen atoms in total. The average Bonchev–Trinajstić information content (AvgIpc) is 2.44. The van der Waals surface area contributed by atoms with Crippen LogP contribution in [-0.2, 0) is 20.7 Å². The molecule has 1 aliphatic rings. The molecule has 5 heteroatoms.